The number of hydrogen-bond donors (Lipinski definition) is 2. The maximum Gasteiger partial charge on any atom is 0.266 e. The Labute approximate surface area is 198 Å². The predicted molar refractivity (Wildman–Crippen MR) is 119 cm³/mol. The van der Waals surface area contributed by atoms with E-state index in [9.17, 15) is 14.0 Å². The monoisotopic (exact) mass is 474 g/mol. The molecule has 1 aromatic rings. The molecule has 6 fully saturated rings. The van der Waals surface area contributed by atoms with Crippen molar-refractivity contribution in [3.63, 3.8) is 0 Å². The highest BCUT2D eigenvalue weighted by molar-refractivity contribution is 5.98. The van der Waals surface area contributed by atoms with Crippen molar-refractivity contribution in [3.05, 3.63) is 29.1 Å². The van der Waals surface area contributed by atoms with Crippen LogP contribution in [-0.2, 0) is 4.79 Å². The summed E-state index contributed by atoms with van der Waals surface area (Å²) in [5.74, 6) is 0.826. The Morgan fingerprint density at radius 1 is 1.09 bits per heavy atom. The third kappa shape index (κ3) is 3.88. The van der Waals surface area contributed by atoms with Crippen molar-refractivity contribution in [1.29, 1.82) is 0 Å². The molecule has 2 amide bonds. The molecule has 1 aliphatic heterocycles. The molecular weight excluding hydrogens is 442 g/mol. The minimum atomic E-state index is -1.40. The van der Waals surface area contributed by atoms with E-state index in [4.69, 9.17) is 9.94 Å². The highest BCUT2D eigenvalue weighted by Crippen LogP contribution is 2.60. The molecule has 5 aliphatic carbocycles. The van der Waals surface area contributed by atoms with E-state index >= 15 is 4.39 Å². The fourth-order valence-corrected chi connectivity index (χ4v) is 7.76. The molecule has 2 atom stereocenters. The number of benzene rings is 1. The van der Waals surface area contributed by atoms with Crippen molar-refractivity contribution >= 4 is 11.8 Å². The quantitative estimate of drug-likeness (QED) is 0.475. The first-order valence-corrected chi connectivity index (χ1v) is 12.7. The van der Waals surface area contributed by atoms with Crippen LogP contribution in [0.1, 0.15) is 79.6 Å². The topological polar surface area (TPSA) is 78.9 Å². The maximum absolute atomic E-state index is 15.2. The van der Waals surface area contributed by atoms with Gasteiger partial charge in [0.1, 0.15) is 23.8 Å². The van der Waals surface area contributed by atoms with Crippen molar-refractivity contribution in [2.45, 2.75) is 75.9 Å². The van der Waals surface area contributed by atoms with E-state index in [0.29, 0.717) is 12.4 Å². The highest BCUT2D eigenvalue weighted by atomic mass is 19.1. The van der Waals surface area contributed by atoms with Crippen molar-refractivity contribution < 1.29 is 28.3 Å². The largest absolute Gasteiger partial charge is 0.493 e. The summed E-state index contributed by atoms with van der Waals surface area (Å²) in [6.07, 6.45) is 7.94. The van der Waals surface area contributed by atoms with Gasteiger partial charge in [0.2, 0.25) is 0 Å². The molecule has 4 bridgehead atoms. The third-order valence-corrected chi connectivity index (χ3v) is 8.97. The molecule has 2 N–H and O–H groups in total. The average Bonchev–Trinajstić information content (AvgIpc) is 3.56. The number of nitrogens with one attached hydrogen (secondary N) is 1. The number of amides is 2. The molecule has 5 saturated carbocycles. The second-order valence-electron chi connectivity index (χ2n) is 11.6. The highest BCUT2D eigenvalue weighted by Gasteiger charge is 2.51. The number of halogens is 2. The van der Waals surface area contributed by atoms with Gasteiger partial charge in [0.15, 0.2) is 0 Å². The number of nitrogens with zero attached hydrogens (tertiary/aromatic N) is 1. The maximum atomic E-state index is 15.2. The number of rotatable bonds is 6. The Bertz CT molecular complexity index is 975. The van der Waals surface area contributed by atoms with Gasteiger partial charge < -0.3 is 9.64 Å². The fourth-order valence-electron chi connectivity index (χ4n) is 7.76. The minimum absolute atomic E-state index is 0.172. The Kier molecular flexibility index (Phi) is 5.35. The van der Waals surface area contributed by atoms with Crippen LogP contribution in [-0.4, -0.2) is 47.3 Å². The lowest BCUT2D eigenvalue weighted by Gasteiger charge is -2.56. The number of alkyl halides is 1. The van der Waals surface area contributed by atoms with Crippen molar-refractivity contribution in [2.75, 3.05) is 13.2 Å². The van der Waals surface area contributed by atoms with Gasteiger partial charge in [-0.15, -0.1) is 0 Å². The second kappa shape index (κ2) is 8.18. The summed E-state index contributed by atoms with van der Waals surface area (Å²) in [4.78, 5) is 26.1. The number of carbonyl (C=O) groups is 2. The fraction of sp³-hybridized carbons (Fsp3) is 0.692. The predicted octanol–water partition coefficient (Wildman–Crippen LogP) is 4.36. The Hall–Kier alpha value is -2.22. The molecule has 184 valence electrons. The lowest BCUT2D eigenvalue weighted by Crippen LogP contribution is -2.48. The van der Waals surface area contributed by atoms with E-state index in [1.807, 2.05) is 0 Å². The summed E-state index contributed by atoms with van der Waals surface area (Å²) in [5.41, 5.74) is 2.33. The molecule has 0 radical (unpaired) electrons. The zero-order valence-corrected chi connectivity index (χ0v) is 19.3. The number of carbonyl (C=O) groups excluding carboxylic acids is 2. The molecule has 0 spiro atoms. The number of hydrogen-bond acceptors (Lipinski definition) is 4. The molecule has 1 aromatic carbocycles. The SMILES string of the molecule is O=C(NO)C1CC(F)CN1C(=O)c1cc(C2CC2)c(OCC23CC4CC(CC(C4)C2)C3)cc1F. The van der Waals surface area contributed by atoms with E-state index < -0.39 is 29.8 Å². The van der Waals surface area contributed by atoms with Gasteiger partial charge >= 0.3 is 0 Å². The Morgan fingerprint density at radius 3 is 2.32 bits per heavy atom. The van der Waals surface area contributed by atoms with Crippen LogP contribution in [0.3, 0.4) is 0 Å². The van der Waals surface area contributed by atoms with Crippen LogP contribution in [0.5, 0.6) is 5.75 Å². The van der Waals surface area contributed by atoms with Gasteiger partial charge in [-0.2, -0.15) is 0 Å². The molecule has 34 heavy (non-hydrogen) atoms. The van der Waals surface area contributed by atoms with Crippen LogP contribution in [0.25, 0.3) is 0 Å². The van der Waals surface area contributed by atoms with Gasteiger partial charge in [0.05, 0.1) is 18.7 Å². The standard InChI is InChI=1S/C26H32F2N2O4/c27-18-6-22(24(31)29-33)30(12-18)25(32)20-7-19(17-1-2-17)23(8-21(20)28)34-13-26-9-14-3-15(10-26)5-16(4-14)11-26/h7-8,14-18,22,33H,1-6,9-13H2,(H,29,31). The van der Waals surface area contributed by atoms with Crippen LogP contribution in [0.2, 0.25) is 0 Å². The molecular formula is C26H32F2N2O4. The van der Waals surface area contributed by atoms with Crippen LogP contribution < -0.4 is 10.2 Å². The molecule has 6 aliphatic rings. The smallest absolute Gasteiger partial charge is 0.266 e. The number of likely N-dealkylation sites (tertiary alicyclic amines) is 1. The van der Waals surface area contributed by atoms with E-state index in [-0.39, 0.29) is 29.9 Å². The van der Waals surface area contributed by atoms with E-state index in [0.717, 1.165) is 41.1 Å². The van der Waals surface area contributed by atoms with Crippen molar-refractivity contribution in [3.8, 4) is 5.75 Å². The Morgan fingerprint density at radius 2 is 1.74 bits per heavy atom. The second-order valence-corrected chi connectivity index (χ2v) is 11.6. The summed E-state index contributed by atoms with van der Waals surface area (Å²) >= 11 is 0. The van der Waals surface area contributed by atoms with Crippen LogP contribution >= 0.6 is 0 Å². The number of ether oxygens (including phenoxy) is 1. The lowest BCUT2D eigenvalue weighted by molar-refractivity contribution is -0.133. The van der Waals surface area contributed by atoms with E-state index in [1.54, 1.807) is 6.07 Å². The van der Waals surface area contributed by atoms with Gasteiger partial charge in [-0.25, -0.2) is 14.3 Å². The molecule has 1 heterocycles. The summed E-state index contributed by atoms with van der Waals surface area (Å²) in [6.45, 7) is 0.288. The van der Waals surface area contributed by atoms with Crippen molar-refractivity contribution in [1.82, 2.24) is 10.4 Å². The first-order chi connectivity index (χ1) is 16.3. The molecule has 1 saturated heterocycles. The zero-order valence-electron chi connectivity index (χ0n) is 19.3. The zero-order chi connectivity index (χ0) is 23.6. The molecule has 7 rings (SSSR count). The van der Waals surface area contributed by atoms with E-state index in [2.05, 4.69) is 0 Å². The van der Waals surface area contributed by atoms with Crippen molar-refractivity contribution in [2.24, 2.45) is 23.2 Å². The molecule has 0 aromatic heterocycles. The minimum Gasteiger partial charge on any atom is -0.493 e. The lowest BCUT2D eigenvalue weighted by atomic mass is 9.50. The van der Waals surface area contributed by atoms with Crippen LogP contribution in [0.4, 0.5) is 8.78 Å². The van der Waals surface area contributed by atoms with Gasteiger partial charge in [0, 0.05) is 17.9 Å². The first-order valence-electron chi connectivity index (χ1n) is 12.7. The average molecular weight is 475 g/mol. The summed E-state index contributed by atoms with van der Waals surface area (Å²) < 4.78 is 35.6. The summed E-state index contributed by atoms with van der Waals surface area (Å²) in [5, 5.41) is 8.96. The summed E-state index contributed by atoms with van der Waals surface area (Å²) in [6, 6.07) is 1.69. The van der Waals surface area contributed by atoms with E-state index in [1.165, 1.54) is 50.1 Å². The normalized spacial score (nSPS) is 36.1. The van der Waals surface area contributed by atoms with Crippen LogP contribution in [0.15, 0.2) is 12.1 Å². The molecule has 6 nitrogen and oxygen atoms in total. The summed E-state index contributed by atoms with van der Waals surface area (Å²) in [7, 11) is 0. The van der Waals surface area contributed by atoms with Gasteiger partial charge in [0.25, 0.3) is 11.8 Å². The van der Waals surface area contributed by atoms with Gasteiger partial charge in [-0.05, 0) is 86.7 Å². The van der Waals surface area contributed by atoms with Gasteiger partial charge in [-0.3, -0.25) is 14.8 Å². The molecule has 2 unspecified atom stereocenters. The third-order valence-electron chi connectivity index (χ3n) is 8.97. The van der Waals surface area contributed by atoms with Gasteiger partial charge in [-0.1, -0.05) is 0 Å². The number of hydroxylamine groups is 1. The molecule has 8 heteroatoms. The first kappa shape index (κ1) is 22.3. The van der Waals surface area contributed by atoms with Crippen LogP contribution in [0, 0.1) is 29.0 Å². The Balaban J connectivity index is 1.24.